The number of halogens is 1. The van der Waals surface area contributed by atoms with Gasteiger partial charge in [-0.2, -0.15) is 0 Å². The van der Waals surface area contributed by atoms with E-state index in [9.17, 15) is 24.0 Å². The second kappa shape index (κ2) is 25.4. The number of aryl methyl sites for hydroxylation is 4. The second-order valence-electron chi connectivity index (χ2n) is 18.3. The summed E-state index contributed by atoms with van der Waals surface area (Å²) in [7, 11) is 0. The summed E-state index contributed by atoms with van der Waals surface area (Å²) < 4.78 is 12.0. The number of benzene rings is 3. The maximum atomic E-state index is 13.7. The van der Waals surface area contributed by atoms with Crippen molar-refractivity contribution in [3.05, 3.63) is 147 Å². The molecule has 5 aromatic rings. The van der Waals surface area contributed by atoms with Gasteiger partial charge in [-0.05, 0) is 163 Å². The van der Waals surface area contributed by atoms with E-state index in [0.717, 1.165) is 113 Å². The molecule has 0 atom stereocenters. The summed E-state index contributed by atoms with van der Waals surface area (Å²) in [5, 5.41) is 17.6. The Bertz CT molecular complexity index is 2800. The Hall–Kier alpha value is -6.07. The van der Waals surface area contributed by atoms with Gasteiger partial charge in [-0.1, -0.05) is 28.1 Å². The van der Waals surface area contributed by atoms with Crippen LogP contribution in [0, 0.1) is 41.5 Å². The number of rotatable bonds is 16. The van der Waals surface area contributed by atoms with E-state index in [1.807, 2.05) is 77.9 Å². The molecule has 6 N–H and O–H groups in total. The van der Waals surface area contributed by atoms with Gasteiger partial charge in [0.2, 0.25) is 0 Å². The smallest absolute Gasteiger partial charge is 0.253 e. The van der Waals surface area contributed by atoms with Gasteiger partial charge in [0.15, 0.2) is 0 Å². The number of hydrogen-bond acceptors (Lipinski definition) is 10. The molecule has 0 unspecified atom stereocenters. The van der Waals surface area contributed by atoms with Crippen LogP contribution < -0.4 is 36.9 Å². The highest BCUT2D eigenvalue weighted by atomic mass is 79.9. The molecule has 4 heterocycles. The van der Waals surface area contributed by atoms with Gasteiger partial charge < -0.3 is 50.3 Å². The van der Waals surface area contributed by atoms with Crippen LogP contribution in [0.1, 0.15) is 115 Å². The number of nitrogens with zero attached hydrogens (tertiary/aromatic N) is 2. The van der Waals surface area contributed by atoms with Crippen molar-refractivity contribution in [2.24, 2.45) is 0 Å². The summed E-state index contributed by atoms with van der Waals surface area (Å²) in [6.07, 6.45) is 3.78. The lowest BCUT2D eigenvalue weighted by molar-refractivity contribution is 0.0845. The first-order chi connectivity index (χ1) is 34.0. The molecule has 7 rings (SSSR count). The maximum Gasteiger partial charge on any atom is 0.253 e. The molecule has 0 radical (unpaired) electrons. The molecule has 0 saturated carbocycles. The highest BCUT2D eigenvalue weighted by Gasteiger charge is 2.27. The van der Waals surface area contributed by atoms with Crippen molar-refractivity contribution in [3.8, 4) is 11.1 Å². The Morgan fingerprint density at radius 1 is 0.620 bits per heavy atom. The molecule has 0 bridgehead atoms. The maximum absolute atomic E-state index is 13.7. The molecular weight excluding hydrogens is 967 g/mol. The minimum atomic E-state index is -0.256. The number of anilines is 2. The van der Waals surface area contributed by atoms with Crippen LogP contribution >= 0.6 is 15.9 Å². The molecule has 2 aliphatic heterocycles. The summed E-state index contributed by atoms with van der Waals surface area (Å²) in [5.41, 5.74) is 11.3. The number of amides is 3. The first-order valence-electron chi connectivity index (χ1n) is 24.6. The Balaban J connectivity index is 0.000000244. The van der Waals surface area contributed by atoms with E-state index in [-0.39, 0.29) is 55.1 Å². The predicted octanol–water partition coefficient (Wildman–Crippen LogP) is 7.62. The van der Waals surface area contributed by atoms with Crippen molar-refractivity contribution in [1.29, 1.82) is 0 Å². The summed E-state index contributed by atoms with van der Waals surface area (Å²) in [6.45, 7) is 20.6. The number of carbonyl (C=O) groups is 3. The Labute approximate surface area is 425 Å². The van der Waals surface area contributed by atoms with Crippen LogP contribution in [-0.4, -0.2) is 97.5 Å². The number of aliphatic hydroxyl groups excluding tert-OH is 1. The average Bonchev–Trinajstić information content (AvgIpc) is 3.35. The zero-order chi connectivity index (χ0) is 51.4. The summed E-state index contributed by atoms with van der Waals surface area (Å²) in [6, 6.07) is 19.6. The second-order valence-corrected chi connectivity index (χ2v) is 19.2. The van der Waals surface area contributed by atoms with Gasteiger partial charge in [-0.15, -0.1) is 0 Å². The third-order valence-electron chi connectivity index (χ3n) is 13.5. The molecule has 3 aromatic carbocycles. The molecule has 2 saturated heterocycles. The van der Waals surface area contributed by atoms with Crippen LogP contribution in [0.15, 0.2) is 74.7 Å². The zero-order valence-corrected chi connectivity index (χ0v) is 44.0. The molecule has 71 heavy (non-hydrogen) atoms. The summed E-state index contributed by atoms with van der Waals surface area (Å²) in [4.78, 5) is 74.2. The zero-order valence-electron chi connectivity index (χ0n) is 42.4. The number of pyridine rings is 2. The van der Waals surface area contributed by atoms with Gasteiger partial charge >= 0.3 is 0 Å². The quantitative estimate of drug-likeness (QED) is 0.0572. The van der Waals surface area contributed by atoms with Crippen molar-refractivity contribution >= 4 is 45.0 Å². The van der Waals surface area contributed by atoms with E-state index < -0.39 is 0 Å². The fraction of sp³-hybridized carbons (Fsp3) is 0.436. The minimum Gasteiger partial charge on any atom is -0.395 e. The molecule has 380 valence electrons. The van der Waals surface area contributed by atoms with E-state index in [1.165, 1.54) is 0 Å². The van der Waals surface area contributed by atoms with Gasteiger partial charge in [-0.3, -0.25) is 24.0 Å². The third kappa shape index (κ3) is 13.7. The fourth-order valence-corrected chi connectivity index (χ4v) is 10.1. The third-order valence-corrected chi connectivity index (χ3v) is 14.0. The number of aliphatic hydroxyl groups is 1. The molecule has 0 aliphatic carbocycles. The number of aromatic nitrogens is 2. The van der Waals surface area contributed by atoms with Gasteiger partial charge in [0, 0.05) is 126 Å². The highest BCUT2D eigenvalue weighted by molar-refractivity contribution is 9.10. The number of H-pyrrole nitrogens is 2. The Morgan fingerprint density at radius 2 is 1.07 bits per heavy atom. The average molecular weight is 1040 g/mol. The van der Waals surface area contributed by atoms with Crippen molar-refractivity contribution in [2.45, 2.75) is 106 Å². The number of hydrogen-bond donors (Lipinski definition) is 6. The van der Waals surface area contributed by atoms with Crippen LogP contribution in [0.4, 0.5) is 11.4 Å². The van der Waals surface area contributed by atoms with E-state index in [0.29, 0.717) is 53.1 Å². The molecule has 3 amide bonds. The van der Waals surface area contributed by atoms with E-state index in [2.05, 4.69) is 77.6 Å². The van der Waals surface area contributed by atoms with E-state index >= 15 is 0 Å². The molecule has 16 heteroatoms. The van der Waals surface area contributed by atoms with Crippen LogP contribution in [0.5, 0.6) is 0 Å². The highest BCUT2D eigenvalue weighted by Crippen LogP contribution is 2.35. The molecule has 0 spiro atoms. The molecule has 2 aromatic heterocycles. The van der Waals surface area contributed by atoms with Gasteiger partial charge in [-0.25, -0.2) is 0 Å². The number of ether oxygens (including phenoxy) is 2. The van der Waals surface area contributed by atoms with Crippen LogP contribution in [-0.2, 0) is 22.6 Å². The van der Waals surface area contributed by atoms with Gasteiger partial charge in [0.05, 0.1) is 6.61 Å². The van der Waals surface area contributed by atoms with Crippen LogP contribution in [0.2, 0.25) is 0 Å². The molecule has 15 nitrogen and oxygen atoms in total. The SMILES string of the molecule is CCN(c1cc(-c2ccc(C(=O)NCCO)cc2)cc(C(=O)NCc2c(C)cc(C)[nH]c2=O)c1C)C1CCOCC1.CCN(c1cc(Br)cc(C(=O)NCc2c(C)cc(C)[nH]c2=O)c1C)C1CCOCC1. The first-order valence-corrected chi connectivity index (χ1v) is 25.4. The molecule has 2 aliphatic rings. The topological polar surface area (TPSA) is 198 Å². The molecule has 2 fully saturated rings. The van der Waals surface area contributed by atoms with Crippen LogP contribution in [0.3, 0.4) is 0 Å². The lowest BCUT2D eigenvalue weighted by Gasteiger charge is -2.37. The summed E-state index contributed by atoms with van der Waals surface area (Å²) in [5.74, 6) is -0.696. The lowest BCUT2D eigenvalue weighted by atomic mass is 9.94. The summed E-state index contributed by atoms with van der Waals surface area (Å²) >= 11 is 3.58. The first kappa shape index (κ1) is 54.3. The van der Waals surface area contributed by atoms with E-state index in [4.69, 9.17) is 14.6 Å². The number of aromatic amines is 2. The van der Waals surface area contributed by atoms with Crippen molar-refractivity contribution in [2.75, 3.05) is 62.5 Å². The molecular formula is C55H70BrN7O8. The Morgan fingerprint density at radius 3 is 1.51 bits per heavy atom. The predicted molar refractivity (Wildman–Crippen MR) is 284 cm³/mol. The minimum absolute atomic E-state index is 0.119. The number of carbonyl (C=O) groups excluding carboxylic acids is 3. The largest absolute Gasteiger partial charge is 0.395 e. The fourth-order valence-electron chi connectivity index (χ4n) is 9.66. The normalized spacial score (nSPS) is 14.0. The van der Waals surface area contributed by atoms with Gasteiger partial charge in [0.25, 0.3) is 28.8 Å². The monoisotopic (exact) mass is 1040 g/mol. The standard InChI is InChI=1S/C32H40N4O5.C23H30BrN3O3/c1-5-36(26-10-14-41-15-11-26)29-18-25(23-6-8-24(9-7-23)30(38)33-12-13-37)17-27(22(29)4)31(39)34-19-28-20(2)16-21(3)35-32(28)40;1-5-27(18-6-8-30-9-7-18)21-12-17(24)11-19(16(21)4)22(28)25-13-20-14(2)10-15(3)26-23(20)29/h6-9,16-18,26,37H,5,10-15,19H2,1-4H3,(H,33,38)(H,34,39)(H,35,40);10-12,18H,5-9,13H2,1-4H3,(H,25,28)(H,26,29). The Kier molecular flexibility index (Phi) is 19.4. The van der Waals surface area contributed by atoms with Gasteiger partial charge in [0.1, 0.15) is 0 Å². The van der Waals surface area contributed by atoms with Crippen molar-refractivity contribution in [3.63, 3.8) is 0 Å². The van der Waals surface area contributed by atoms with Crippen molar-refractivity contribution in [1.82, 2.24) is 25.9 Å². The van der Waals surface area contributed by atoms with E-state index in [1.54, 1.807) is 12.1 Å². The van der Waals surface area contributed by atoms with Crippen molar-refractivity contribution < 1.29 is 29.0 Å². The number of nitrogens with one attached hydrogen (secondary N) is 5. The lowest BCUT2D eigenvalue weighted by Crippen LogP contribution is -2.40. The van der Waals surface area contributed by atoms with Crippen LogP contribution in [0.25, 0.3) is 11.1 Å².